The van der Waals surface area contributed by atoms with E-state index in [1.54, 1.807) is 16.8 Å². The Hall–Kier alpha value is -2.64. The van der Waals surface area contributed by atoms with Gasteiger partial charge in [-0.1, -0.05) is 13.0 Å². The molecule has 0 N–H and O–H groups in total. The maximum Gasteiger partial charge on any atom is 0.310 e. The third kappa shape index (κ3) is 3.77. The average molecular weight is 318 g/mol. The van der Waals surface area contributed by atoms with E-state index in [1.165, 1.54) is 0 Å². The fraction of sp³-hybridized carbons (Fsp3) is 0.467. The molecule has 0 unspecified atom stereocenters. The standard InChI is InChI=1S/C15H18N4O4/c1-2-5-19-14(16-17-18-19)10-23-15(20)9-11-3-4-12-13(8-11)22-7-6-21-12/h3-4,8H,2,5-7,9-10H2,1H3. The molecule has 23 heavy (non-hydrogen) atoms. The van der Waals surface area contributed by atoms with Crippen LogP contribution in [0.3, 0.4) is 0 Å². The molecular weight excluding hydrogens is 300 g/mol. The maximum atomic E-state index is 12.0. The number of hydrogen-bond acceptors (Lipinski definition) is 7. The van der Waals surface area contributed by atoms with Gasteiger partial charge in [-0.25, -0.2) is 4.68 Å². The normalized spacial score (nSPS) is 12.9. The number of nitrogens with zero attached hydrogens (tertiary/aromatic N) is 4. The van der Waals surface area contributed by atoms with E-state index >= 15 is 0 Å². The van der Waals surface area contributed by atoms with Crippen LogP contribution in [0.5, 0.6) is 11.5 Å². The van der Waals surface area contributed by atoms with Gasteiger partial charge in [0.05, 0.1) is 6.42 Å². The van der Waals surface area contributed by atoms with Crippen molar-refractivity contribution in [2.45, 2.75) is 32.9 Å². The van der Waals surface area contributed by atoms with Crippen LogP contribution in [0.2, 0.25) is 0 Å². The summed E-state index contributed by atoms with van der Waals surface area (Å²) in [5, 5.41) is 11.3. The van der Waals surface area contributed by atoms with Crippen LogP contribution in [0.1, 0.15) is 24.7 Å². The van der Waals surface area contributed by atoms with Crippen LogP contribution >= 0.6 is 0 Å². The lowest BCUT2D eigenvalue weighted by atomic mass is 10.1. The van der Waals surface area contributed by atoms with Gasteiger partial charge < -0.3 is 14.2 Å². The second-order valence-corrected chi connectivity index (χ2v) is 5.13. The minimum atomic E-state index is -0.340. The molecule has 0 atom stereocenters. The lowest BCUT2D eigenvalue weighted by Gasteiger charge is -2.18. The Balaban J connectivity index is 1.56. The quantitative estimate of drug-likeness (QED) is 0.738. The third-order valence-electron chi connectivity index (χ3n) is 3.36. The molecule has 0 radical (unpaired) electrons. The highest BCUT2D eigenvalue weighted by molar-refractivity contribution is 5.73. The number of esters is 1. The minimum absolute atomic E-state index is 0.0659. The van der Waals surface area contributed by atoms with E-state index in [1.807, 2.05) is 13.0 Å². The van der Waals surface area contributed by atoms with E-state index in [9.17, 15) is 4.79 Å². The number of rotatable bonds is 6. The van der Waals surface area contributed by atoms with Gasteiger partial charge in [-0.3, -0.25) is 4.79 Å². The van der Waals surface area contributed by atoms with Crippen LogP contribution in [0.4, 0.5) is 0 Å². The molecule has 3 rings (SSSR count). The van der Waals surface area contributed by atoms with Gasteiger partial charge in [0.1, 0.15) is 13.2 Å². The van der Waals surface area contributed by atoms with Gasteiger partial charge in [0.15, 0.2) is 23.9 Å². The molecule has 122 valence electrons. The van der Waals surface area contributed by atoms with Crippen molar-refractivity contribution in [3.8, 4) is 11.5 Å². The number of hydrogen-bond donors (Lipinski definition) is 0. The molecule has 0 saturated carbocycles. The molecule has 1 aliphatic heterocycles. The molecule has 0 amide bonds. The minimum Gasteiger partial charge on any atom is -0.486 e. The fourth-order valence-corrected chi connectivity index (χ4v) is 2.27. The molecule has 0 spiro atoms. The summed E-state index contributed by atoms with van der Waals surface area (Å²) < 4.78 is 17.8. The fourth-order valence-electron chi connectivity index (χ4n) is 2.27. The van der Waals surface area contributed by atoms with Crippen molar-refractivity contribution in [1.29, 1.82) is 0 Å². The van der Waals surface area contributed by atoms with E-state index < -0.39 is 0 Å². The largest absolute Gasteiger partial charge is 0.486 e. The van der Waals surface area contributed by atoms with Crippen LogP contribution in [0.15, 0.2) is 18.2 Å². The molecule has 0 bridgehead atoms. The van der Waals surface area contributed by atoms with E-state index in [2.05, 4.69) is 15.5 Å². The first-order valence-electron chi connectivity index (χ1n) is 7.55. The topological polar surface area (TPSA) is 88.4 Å². The number of tetrazole rings is 1. The highest BCUT2D eigenvalue weighted by atomic mass is 16.6. The average Bonchev–Trinajstić information content (AvgIpc) is 3.00. The van der Waals surface area contributed by atoms with Gasteiger partial charge in [-0.2, -0.15) is 0 Å². The Morgan fingerprint density at radius 3 is 2.96 bits per heavy atom. The molecule has 1 aliphatic rings. The van der Waals surface area contributed by atoms with E-state index in [0.717, 1.165) is 12.0 Å². The summed E-state index contributed by atoms with van der Waals surface area (Å²) in [6, 6.07) is 5.44. The molecule has 8 heteroatoms. The SMILES string of the molecule is CCCn1nnnc1COC(=O)Cc1ccc2c(c1)OCCO2. The van der Waals surface area contributed by atoms with Crippen molar-refractivity contribution in [2.75, 3.05) is 13.2 Å². The number of carbonyl (C=O) groups excluding carboxylic acids is 1. The first kappa shape index (κ1) is 15.3. The number of benzene rings is 1. The highest BCUT2D eigenvalue weighted by Crippen LogP contribution is 2.30. The van der Waals surface area contributed by atoms with E-state index in [4.69, 9.17) is 14.2 Å². The van der Waals surface area contributed by atoms with Gasteiger partial charge in [0.2, 0.25) is 0 Å². The van der Waals surface area contributed by atoms with Crippen molar-refractivity contribution in [3.63, 3.8) is 0 Å². The number of aromatic nitrogens is 4. The second-order valence-electron chi connectivity index (χ2n) is 5.13. The number of fused-ring (bicyclic) bond motifs is 1. The van der Waals surface area contributed by atoms with Crippen LogP contribution in [0.25, 0.3) is 0 Å². The van der Waals surface area contributed by atoms with Gasteiger partial charge in [-0.05, 0) is 34.5 Å². The Labute approximate surface area is 133 Å². The van der Waals surface area contributed by atoms with E-state index in [0.29, 0.717) is 37.1 Å². The van der Waals surface area contributed by atoms with Crippen LogP contribution < -0.4 is 9.47 Å². The second kappa shape index (κ2) is 7.08. The molecule has 2 aromatic rings. The smallest absolute Gasteiger partial charge is 0.310 e. The summed E-state index contributed by atoms with van der Waals surface area (Å²) in [5.74, 6) is 1.57. The highest BCUT2D eigenvalue weighted by Gasteiger charge is 2.14. The van der Waals surface area contributed by atoms with Gasteiger partial charge in [0.25, 0.3) is 0 Å². The number of ether oxygens (including phenoxy) is 3. The first-order valence-corrected chi connectivity index (χ1v) is 7.55. The molecule has 2 heterocycles. The summed E-state index contributed by atoms with van der Waals surface area (Å²) in [4.78, 5) is 12.0. The molecule has 1 aromatic carbocycles. The van der Waals surface area contributed by atoms with Crippen molar-refractivity contribution in [2.24, 2.45) is 0 Å². The van der Waals surface area contributed by atoms with Crippen LogP contribution in [-0.2, 0) is 29.1 Å². The van der Waals surface area contributed by atoms with Crippen LogP contribution in [-0.4, -0.2) is 39.4 Å². The van der Waals surface area contributed by atoms with Crippen molar-refractivity contribution in [1.82, 2.24) is 20.2 Å². The van der Waals surface area contributed by atoms with Gasteiger partial charge in [0, 0.05) is 6.54 Å². The molecule has 1 aromatic heterocycles. The van der Waals surface area contributed by atoms with Crippen molar-refractivity contribution < 1.29 is 19.0 Å². The summed E-state index contributed by atoms with van der Waals surface area (Å²) in [5.41, 5.74) is 0.812. The summed E-state index contributed by atoms with van der Waals surface area (Å²) in [7, 11) is 0. The Morgan fingerprint density at radius 2 is 2.13 bits per heavy atom. The lowest BCUT2D eigenvalue weighted by Crippen LogP contribution is -2.16. The zero-order valence-corrected chi connectivity index (χ0v) is 12.9. The molecule has 0 aliphatic carbocycles. The molecule has 0 saturated heterocycles. The van der Waals surface area contributed by atoms with Crippen molar-refractivity contribution in [3.05, 3.63) is 29.6 Å². The zero-order valence-electron chi connectivity index (χ0n) is 12.9. The first-order chi connectivity index (χ1) is 11.3. The molecule has 8 nitrogen and oxygen atoms in total. The monoisotopic (exact) mass is 318 g/mol. The summed E-state index contributed by atoms with van der Waals surface area (Å²) in [6.45, 7) is 3.85. The summed E-state index contributed by atoms with van der Waals surface area (Å²) >= 11 is 0. The predicted molar refractivity (Wildman–Crippen MR) is 79.0 cm³/mol. The van der Waals surface area contributed by atoms with Gasteiger partial charge >= 0.3 is 5.97 Å². The molecule has 0 fully saturated rings. The molecular formula is C15H18N4O4. The Morgan fingerprint density at radius 1 is 1.30 bits per heavy atom. The summed E-state index contributed by atoms with van der Waals surface area (Å²) in [6.07, 6.45) is 1.06. The van der Waals surface area contributed by atoms with Gasteiger partial charge in [-0.15, -0.1) is 5.10 Å². The van der Waals surface area contributed by atoms with Crippen molar-refractivity contribution >= 4 is 5.97 Å². The number of carbonyl (C=O) groups is 1. The van der Waals surface area contributed by atoms with Crippen LogP contribution in [0, 0.1) is 0 Å². The number of aryl methyl sites for hydroxylation is 1. The maximum absolute atomic E-state index is 12.0. The lowest BCUT2D eigenvalue weighted by molar-refractivity contribution is -0.144. The predicted octanol–water partition coefficient (Wildman–Crippen LogP) is 1.14. The Kier molecular flexibility index (Phi) is 4.70. The van der Waals surface area contributed by atoms with E-state index in [-0.39, 0.29) is 19.0 Å². The third-order valence-corrected chi connectivity index (χ3v) is 3.36. The Bertz CT molecular complexity index is 686. The zero-order chi connectivity index (χ0) is 16.1.